The molecule has 3 nitrogen and oxygen atoms in total. The summed E-state index contributed by atoms with van der Waals surface area (Å²) in [5.41, 5.74) is 5.99. The summed E-state index contributed by atoms with van der Waals surface area (Å²) < 4.78 is 32.2. The van der Waals surface area contributed by atoms with Gasteiger partial charge in [-0.2, -0.15) is 5.26 Å². The number of hydrogen-bond acceptors (Lipinski definition) is 3. The highest BCUT2D eigenvalue weighted by Crippen LogP contribution is 2.31. The van der Waals surface area contributed by atoms with E-state index in [2.05, 4.69) is 0 Å². The van der Waals surface area contributed by atoms with E-state index in [4.69, 9.17) is 15.7 Å². The molecule has 0 saturated carbocycles. The van der Waals surface area contributed by atoms with E-state index in [1.165, 1.54) is 36.4 Å². The third kappa shape index (κ3) is 2.76. The maximum Gasteiger partial charge on any atom is 0.148 e. The molecule has 1 atom stereocenters. The first-order valence-corrected chi connectivity index (χ1v) is 5.94. The SMILES string of the molecule is CC(N)c1cc(F)ccc1Oc1cccc(F)c1C#N. The third-order valence-corrected chi connectivity index (χ3v) is 2.77. The van der Waals surface area contributed by atoms with E-state index in [-0.39, 0.29) is 11.3 Å². The van der Waals surface area contributed by atoms with Crippen molar-refractivity contribution in [3.8, 4) is 17.6 Å². The second-order valence-electron chi connectivity index (χ2n) is 4.30. The highest BCUT2D eigenvalue weighted by atomic mass is 19.1. The average molecular weight is 274 g/mol. The van der Waals surface area contributed by atoms with Crippen molar-refractivity contribution in [3.05, 3.63) is 59.2 Å². The molecule has 0 fully saturated rings. The Balaban J connectivity index is 2.46. The van der Waals surface area contributed by atoms with Gasteiger partial charge in [-0.25, -0.2) is 8.78 Å². The number of benzene rings is 2. The Morgan fingerprint density at radius 3 is 2.60 bits per heavy atom. The Labute approximate surface area is 115 Å². The third-order valence-electron chi connectivity index (χ3n) is 2.77. The maximum atomic E-state index is 13.5. The molecule has 2 rings (SSSR count). The second kappa shape index (κ2) is 5.68. The molecule has 0 bridgehead atoms. The Morgan fingerprint density at radius 1 is 1.20 bits per heavy atom. The van der Waals surface area contributed by atoms with E-state index in [9.17, 15) is 8.78 Å². The second-order valence-corrected chi connectivity index (χ2v) is 4.30. The van der Waals surface area contributed by atoms with Crippen molar-refractivity contribution in [1.82, 2.24) is 0 Å². The summed E-state index contributed by atoms with van der Waals surface area (Å²) in [4.78, 5) is 0. The van der Waals surface area contributed by atoms with E-state index in [0.29, 0.717) is 11.3 Å². The molecule has 0 amide bonds. The van der Waals surface area contributed by atoms with E-state index in [1.807, 2.05) is 0 Å². The number of rotatable bonds is 3. The fourth-order valence-electron chi connectivity index (χ4n) is 1.78. The van der Waals surface area contributed by atoms with Crippen LogP contribution < -0.4 is 10.5 Å². The van der Waals surface area contributed by atoms with Crippen LogP contribution >= 0.6 is 0 Å². The van der Waals surface area contributed by atoms with Crippen LogP contribution in [0.1, 0.15) is 24.1 Å². The lowest BCUT2D eigenvalue weighted by atomic mass is 10.1. The summed E-state index contributed by atoms with van der Waals surface area (Å²) >= 11 is 0. The molecular weight excluding hydrogens is 262 g/mol. The zero-order valence-electron chi connectivity index (χ0n) is 10.7. The van der Waals surface area contributed by atoms with Crippen LogP contribution in [-0.4, -0.2) is 0 Å². The van der Waals surface area contributed by atoms with Gasteiger partial charge in [-0.15, -0.1) is 0 Å². The number of ether oxygens (including phenoxy) is 1. The molecule has 2 N–H and O–H groups in total. The lowest BCUT2D eigenvalue weighted by molar-refractivity contribution is 0.462. The van der Waals surface area contributed by atoms with E-state index in [1.54, 1.807) is 13.0 Å². The zero-order chi connectivity index (χ0) is 14.7. The topological polar surface area (TPSA) is 59.0 Å². The van der Waals surface area contributed by atoms with Crippen molar-refractivity contribution in [3.63, 3.8) is 0 Å². The fraction of sp³-hybridized carbons (Fsp3) is 0.133. The van der Waals surface area contributed by atoms with Gasteiger partial charge in [0, 0.05) is 11.6 Å². The first-order valence-electron chi connectivity index (χ1n) is 5.94. The minimum Gasteiger partial charge on any atom is -0.456 e. The van der Waals surface area contributed by atoms with Gasteiger partial charge in [-0.05, 0) is 37.3 Å². The predicted octanol–water partition coefficient (Wildman–Crippen LogP) is 3.65. The monoisotopic (exact) mass is 274 g/mol. The van der Waals surface area contributed by atoms with Gasteiger partial charge in [0.15, 0.2) is 0 Å². The van der Waals surface area contributed by atoms with Crippen LogP contribution in [0.5, 0.6) is 11.5 Å². The van der Waals surface area contributed by atoms with Gasteiger partial charge < -0.3 is 10.5 Å². The number of nitrogens with zero attached hydrogens (tertiary/aromatic N) is 1. The number of nitriles is 1. The Bertz CT molecular complexity index is 678. The lowest BCUT2D eigenvalue weighted by Crippen LogP contribution is -2.07. The van der Waals surface area contributed by atoms with Crippen LogP contribution in [0.15, 0.2) is 36.4 Å². The van der Waals surface area contributed by atoms with Crippen molar-refractivity contribution in [2.45, 2.75) is 13.0 Å². The average Bonchev–Trinajstić information content (AvgIpc) is 2.41. The number of halogens is 2. The smallest absolute Gasteiger partial charge is 0.148 e. The van der Waals surface area contributed by atoms with Gasteiger partial charge in [0.2, 0.25) is 0 Å². The summed E-state index contributed by atoms with van der Waals surface area (Å²) in [6, 6.07) is 9.22. The Morgan fingerprint density at radius 2 is 1.95 bits per heavy atom. The molecular formula is C15H12F2N2O. The van der Waals surface area contributed by atoms with Crippen LogP contribution in [-0.2, 0) is 0 Å². The molecule has 1 unspecified atom stereocenters. The molecule has 0 aromatic heterocycles. The molecule has 102 valence electrons. The van der Waals surface area contributed by atoms with E-state index < -0.39 is 17.7 Å². The van der Waals surface area contributed by atoms with Gasteiger partial charge in [0.1, 0.15) is 34.8 Å². The highest BCUT2D eigenvalue weighted by molar-refractivity contribution is 5.48. The minimum atomic E-state index is -0.672. The van der Waals surface area contributed by atoms with Crippen LogP contribution in [0.4, 0.5) is 8.78 Å². The first kappa shape index (κ1) is 14.0. The molecule has 0 spiro atoms. The van der Waals surface area contributed by atoms with Crippen molar-refractivity contribution in [2.24, 2.45) is 5.73 Å². The molecule has 2 aromatic carbocycles. The molecule has 0 heterocycles. The minimum absolute atomic E-state index is 0.0704. The van der Waals surface area contributed by atoms with Crippen molar-refractivity contribution < 1.29 is 13.5 Å². The zero-order valence-corrected chi connectivity index (χ0v) is 10.7. The van der Waals surface area contributed by atoms with Crippen molar-refractivity contribution >= 4 is 0 Å². The van der Waals surface area contributed by atoms with Crippen LogP contribution in [0.3, 0.4) is 0 Å². The standard InChI is InChI=1S/C15H12F2N2O/c1-9(19)11-7-10(16)5-6-15(11)20-14-4-2-3-13(17)12(14)8-18/h2-7,9H,19H2,1H3. The normalized spacial score (nSPS) is 11.8. The largest absolute Gasteiger partial charge is 0.456 e. The summed E-state index contributed by atoms with van der Waals surface area (Å²) in [5, 5.41) is 8.95. The molecule has 0 aliphatic rings. The van der Waals surface area contributed by atoms with Gasteiger partial charge in [0.05, 0.1) is 0 Å². The summed E-state index contributed by atoms with van der Waals surface area (Å²) in [7, 11) is 0. The first-order chi connectivity index (χ1) is 9.52. The number of hydrogen-bond donors (Lipinski definition) is 1. The van der Waals surface area contributed by atoms with Gasteiger partial charge in [0.25, 0.3) is 0 Å². The molecule has 0 saturated heterocycles. The Kier molecular flexibility index (Phi) is 3.97. The fourth-order valence-corrected chi connectivity index (χ4v) is 1.78. The molecule has 2 aromatic rings. The van der Waals surface area contributed by atoms with Crippen molar-refractivity contribution in [2.75, 3.05) is 0 Å². The van der Waals surface area contributed by atoms with Crippen molar-refractivity contribution in [1.29, 1.82) is 5.26 Å². The van der Waals surface area contributed by atoms with E-state index in [0.717, 1.165) is 0 Å². The molecule has 0 radical (unpaired) electrons. The summed E-state index contributed by atoms with van der Waals surface area (Å²) in [6.45, 7) is 1.68. The van der Waals surface area contributed by atoms with Gasteiger partial charge in [-0.3, -0.25) is 0 Å². The summed E-state index contributed by atoms with van der Waals surface area (Å²) in [6.07, 6.45) is 0. The molecule has 0 aliphatic heterocycles. The van der Waals surface area contributed by atoms with Gasteiger partial charge >= 0.3 is 0 Å². The Hall–Kier alpha value is -2.45. The molecule has 20 heavy (non-hydrogen) atoms. The van der Waals surface area contributed by atoms with E-state index >= 15 is 0 Å². The summed E-state index contributed by atoms with van der Waals surface area (Å²) in [5.74, 6) is -0.747. The van der Waals surface area contributed by atoms with Gasteiger partial charge in [-0.1, -0.05) is 6.07 Å². The maximum absolute atomic E-state index is 13.5. The van der Waals surface area contributed by atoms with Crippen LogP contribution in [0.2, 0.25) is 0 Å². The lowest BCUT2D eigenvalue weighted by Gasteiger charge is -2.14. The quantitative estimate of drug-likeness (QED) is 0.929. The predicted molar refractivity (Wildman–Crippen MR) is 70.2 cm³/mol. The van der Waals surface area contributed by atoms with Crippen LogP contribution in [0.25, 0.3) is 0 Å². The molecule has 0 aliphatic carbocycles. The highest BCUT2D eigenvalue weighted by Gasteiger charge is 2.14. The number of nitrogens with two attached hydrogens (primary N) is 1. The molecule has 5 heteroatoms. The van der Waals surface area contributed by atoms with Crippen LogP contribution in [0, 0.1) is 23.0 Å².